The van der Waals surface area contributed by atoms with Crippen LogP contribution in [0.5, 0.6) is 0 Å². The third-order valence-corrected chi connectivity index (χ3v) is 5.28. The molecule has 0 amide bonds. The van der Waals surface area contributed by atoms with E-state index >= 15 is 0 Å². The van der Waals surface area contributed by atoms with Gasteiger partial charge in [-0.15, -0.1) is 0 Å². The van der Waals surface area contributed by atoms with Crippen LogP contribution in [0.25, 0.3) is 11.2 Å². The molecule has 0 radical (unpaired) electrons. The van der Waals surface area contributed by atoms with Crippen molar-refractivity contribution in [3.63, 3.8) is 0 Å². The van der Waals surface area contributed by atoms with E-state index in [1.807, 2.05) is 17.7 Å². The van der Waals surface area contributed by atoms with Crippen LogP contribution in [0.4, 0.5) is 11.8 Å². The fraction of sp³-hybridized carbons (Fsp3) is 0.545. The molecule has 8 nitrogen and oxygen atoms in total. The fourth-order valence-corrected chi connectivity index (χ4v) is 3.48. The quantitative estimate of drug-likeness (QED) is 0.489. The normalized spacial score (nSPS) is 13.6. The van der Waals surface area contributed by atoms with Gasteiger partial charge in [0.1, 0.15) is 0 Å². The van der Waals surface area contributed by atoms with Crippen LogP contribution in [0, 0.1) is 13.8 Å². The molecule has 0 aliphatic heterocycles. The zero-order chi connectivity index (χ0) is 21.8. The summed E-state index contributed by atoms with van der Waals surface area (Å²) in [6.45, 7) is 12.7. The molecular weight excluding hydrogens is 378 g/mol. The zero-order valence-corrected chi connectivity index (χ0v) is 18.8. The number of aliphatic hydroxyl groups is 1. The first-order valence-corrected chi connectivity index (χ1v) is 10.6. The van der Waals surface area contributed by atoms with E-state index < -0.39 is 6.10 Å². The standard InChI is InChI=1S/C22H33N7O/c1-7-8-18(16(6)30)26-22-27-20(19-21(28-22)29(12-25-19)13(2)3)24-11-17-10-23-15(5)9-14(17)4/h9-10,12-13,16,18,30H,7-8,11H2,1-6H3,(H2,24,26,27,28)/t16-,18+/m1/s1. The van der Waals surface area contributed by atoms with Crippen molar-refractivity contribution in [1.29, 1.82) is 0 Å². The number of aryl methyl sites for hydroxylation is 2. The van der Waals surface area contributed by atoms with Crippen molar-refractivity contribution in [3.8, 4) is 0 Å². The van der Waals surface area contributed by atoms with Crippen molar-refractivity contribution in [3.05, 3.63) is 35.4 Å². The van der Waals surface area contributed by atoms with Crippen LogP contribution in [0.1, 0.15) is 63.4 Å². The largest absolute Gasteiger partial charge is 0.391 e. The van der Waals surface area contributed by atoms with Crippen LogP contribution in [-0.2, 0) is 6.54 Å². The van der Waals surface area contributed by atoms with Crippen LogP contribution >= 0.6 is 0 Å². The van der Waals surface area contributed by atoms with E-state index in [2.05, 4.69) is 54.4 Å². The van der Waals surface area contributed by atoms with E-state index in [1.165, 1.54) is 5.56 Å². The molecule has 8 heteroatoms. The first kappa shape index (κ1) is 22.0. The summed E-state index contributed by atoms with van der Waals surface area (Å²) in [5, 5.41) is 16.9. The Labute approximate surface area is 178 Å². The first-order valence-electron chi connectivity index (χ1n) is 10.6. The van der Waals surface area contributed by atoms with Gasteiger partial charge in [-0.2, -0.15) is 9.97 Å². The number of aromatic nitrogens is 5. The number of pyridine rings is 1. The van der Waals surface area contributed by atoms with Crippen LogP contribution in [0.3, 0.4) is 0 Å². The van der Waals surface area contributed by atoms with E-state index in [9.17, 15) is 5.11 Å². The second kappa shape index (κ2) is 9.38. The lowest BCUT2D eigenvalue weighted by molar-refractivity contribution is 0.166. The number of rotatable bonds is 9. The van der Waals surface area contributed by atoms with Crippen LogP contribution in [0.2, 0.25) is 0 Å². The molecule has 0 aliphatic rings. The zero-order valence-electron chi connectivity index (χ0n) is 18.8. The summed E-state index contributed by atoms with van der Waals surface area (Å²) in [6, 6.07) is 2.18. The molecule has 3 heterocycles. The Hall–Kier alpha value is -2.74. The second-order valence-corrected chi connectivity index (χ2v) is 8.20. The summed E-state index contributed by atoms with van der Waals surface area (Å²) in [5.74, 6) is 1.16. The lowest BCUT2D eigenvalue weighted by Crippen LogP contribution is -2.32. The molecule has 0 aromatic carbocycles. The minimum Gasteiger partial charge on any atom is -0.391 e. The van der Waals surface area contributed by atoms with Gasteiger partial charge in [0, 0.05) is 24.5 Å². The van der Waals surface area contributed by atoms with Gasteiger partial charge in [0.25, 0.3) is 0 Å². The van der Waals surface area contributed by atoms with Crippen molar-refractivity contribution >= 4 is 22.9 Å². The minimum atomic E-state index is -0.503. The Morgan fingerprint density at radius 3 is 2.53 bits per heavy atom. The molecule has 30 heavy (non-hydrogen) atoms. The highest BCUT2D eigenvalue weighted by atomic mass is 16.3. The average Bonchev–Trinajstić information content (AvgIpc) is 3.11. The molecule has 0 spiro atoms. The third kappa shape index (κ3) is 4.87. The van der Waals surface area contributed by atoms with Gasteiger partial charge in [-0.3, -0.25) is 4.98 Å². The van der Waals surface area contributed by atoms with Gasteiger partial charge < -0.3 is 20.3 Å². The number of nitrogens with zero attached hydrogens (tertiary/aromatic N) is 5. The van der Waals surface area contributed by atoms with E-state index in [0.29, 0.717) is 18.3 Å². The maximum atomic E-state index is 10.1. The predicted molar refractivity (Wildman–Crippen MR) is 121 cm³/mol. The summed E-state index contributed by atoms with van der Waals surface area (Å²) in [7, 11) is 0. The third-order valence-electron chi connectivity index (χ3n) is 5.28. The van der Waals surface area contributed by atoms with Crippen molar-refractivity contribution in [2.75, 3.05) is 10.6 Å². The minimum absolute atomic E-state index is 0.112. The fourth-order valence-electron chi connectivity index (χ4n) is 3.48. The number of hydrogen-bond donors (Lipinski definition) is 3. The molecule has 0 unspecified atom stereocenters. The predicted octanol–water partition coefficient (Wildman–Crippen LogP) is 3.99. The van der Waals surface area contributed by atoms with Gasteiger partial charge >= 0.3 is 0 Å². The number of fused-ring (bicyclic) bond motifs is 1. The van der Waals surface area contributed by atoms with Crippen LogP contribution < -0.4 is 10.6 Å². The lowest BCUT2D eigenvalue weighted by atomic mass is 10.1. The maximum absolute atomic E-state index is 10.1. The first-order chi connectivity index (χ1) is 14.3. The topological polar surface area (TPSA) is 101 Å². The Balaban J connectivity index is 1.96. The molecule has 162 valence electrons. The Bertz CT molecular complexity index is 997. The molecule has 0 saturated heterocycles. The van der Waals surface area contributed by atoms with Crippen molar-refractivity contribution in [1.82, 2.24) is 24.5 Å². The van der Waals surface area contributed by atoms with Crippen molar-refractivity contribution < 1.29 is 5.11 Å². The van der Waals surface area contributed by atoms with Crippen LogP contribution in [0.15, 0.2) is 18.6 Å². The average molecular weight is 412 g/mol. The van der Waals surface area contributed by atoms with Gasteiger partial charge in [-0.05, 0) is 58.2 Å². The molecule has 0 fully saturated rings. The smallest absolute Gasteiger partial charge is 0.227 e. The molecule has 3 N–H and O–H groups in total. The Kier molecular flexibility index (Phi) is 6.87. The van der Waals surface area contributed by atoms with Gasteiger partial charge in [0.05, 0.1) is 18.5 Å². The summed E-state index contributed by atoms with van der Waals surface area (Å²) < 4.78 is 2.03. The summed E-state index contributed by atoms with van der Waals surface area (Å²) in [4.78, 5) is 18.4. The lowest BCUT2D eigenvalue weighted by Gasteiger charge is -2.21. The van der Waals surface area contributed by atoms with Gasteiger partial charge in [-0.25, -0.2) is 4.98 Å². The Morgan fingerprint density at radius 2 is 1.90 bits per heavy atom. The van der Waals surface area contributed by atoms with E-state index in [-0.39, 0.29) is 12.1 Å². The molecule has 3 aromatic heterocycles. The highest BCUT2D eigenvalue weighted by Gasteiger charge is 2.19. The summed E-state index contributed by atoms with van der Waals surface area (Å²) in [6.07, 6.45) is 4.98. The molecule has 3 aromatic rings. The summed E-state index contributed by atoms with van der Waals surface area (Å²) >= 11 is 0. The van der Waals surface area contributed by atoms with E-state index in [0.717, 1.165) is 35.3 Å². The van der Waals surface area contributed by atoms with Crippen molar-refractivity contribution in [2.24, 2.45) is 0 Å². The van der Waals surface area contributed by atoms with E-state index in [1.54, 1.807) is 13.3 Å². The highest BCUT2D eigenvalue weighted by Crippen LogP contribution is 2.25. The SMILES string of the molecule is CCC[C@H](Nc1nc(NCc2cnc(C)cc2C)c2ncn(C(C)C)c2n1)[C@@H](C)O. The van der Waals surface area contributed by atoms with Gasteiger partial charge in [0.15, 0.2) is 17.0 Å². The Morgan fingerprint density at radius 1 is 1.13 bits per heavy atom. The summed E-state index contributed by atoms with van der Waals surface area (Å²) in [5.41, 5.74) is 4.80. The van der Waals surface area contributed by atoms with Gasteiger partial charge in [-0.1, -0.05) is 13.3 Å². The highest BCUT2D eigenvalue weighted by molar-refractivity contribution is 5.84. The second-order valence-electron chi connectivity index (χ2n) is 8.20. The molecule has 3 rings (SSSR count). The monoisotopic (exact) mass is 411 g/mol. The van der Waals surface area contributed by atoms with Gasteiger partial charge in [0.2, 0.25) is 5.95 Å². The molecule has 0 saturated carbocycles. The number of nitrogens with one attached hydrogen (secondary N) is 2. The number of aliphatic hydroxyl groups excluding tert-OH is 1. The van der Waals surface area contributed by atoms with Crippen molar-refractivity contribution in [2.45, 2.75) is 79.1 Å². The number of anilines is 2. The maximum Gasteiger partial charge on any atom is 0.227 e. The molecule has 0 aliphatic carbocycles. The van der Waals surface area contributed by atoms with Crippen LogP contribution in [-0.4, -0.2) is 41.8 Å². The molecular formula is C22H33N7O. The van der Waals surface area contributed by atoms with E-state index in [4.69, 9.17) is 9.97 Å². The molecule has 2 atom stereocenters. The molecule has 0 bridgehead atoms. The number of hydrogen-bond acceptors (Lipinski definition) is 7. The number of imidazole rings is 1.